The Kier molecular flexibility index (Phi) is 7.60. The van der Waals surface area contributed by atoms with Crippen molar-refractivity contribution in [2.24, 2.45) is 0 Å². The molecule has 9 aromatic carbocycles. The van der Waals surface area contributed by atoms with Crippen molar-refractivity contribution >= 4 is 49.4 Å². The number of hydrogen-bond donors (Lipinski definition) is 0. The molecule has 0 N–H and O–H groups in total. The third-order valence-electron chi connectivity index (χ3n) is 11.6. The lowest BCUT2D eigenvalue weighted by Gasteiger charge is -2.20. The molecule has 260 valence electrons. The van der Waals surface area contributed by atoms with Crippen LogP contribution in [0, 0.1) is 0 Å². The molecule has 0 atom stereocenters. The molecule has 0 aromatic heterocycles. The summed E-state index contributed by atoms with van der Waals surface area (Å²) in [6.07, 6.45) is 0. The van der Waals surface area contributed by atoms with Crippen LogP contribution in [0.4, 0.5) is 0 Å². The van der Waals surface area contributed by atoms with Gasteiger partial charge in [0.05, 0.1) is 0 Å². The minimum atomic E-state index is 1.21. The second-order valence-electron chi connectivity index (χ2n) is 14.7. The van der Waals surface area contributed by atoms with Gasteiger partial charge in [-0.25, -0.2) is 0 Å². The highest BCUT2D eigenvalue weighted by atomic mass is 14.4. The predicted octanol–water partition coefficient (Wildman–Crippen LogP) is 14.7. The average Bonchev–Trinajstić information content (AvgIpc) is 3.78. The van der Waals surface area contributed by atoms with Crippen molar-refractivity contribution in [1.82, 2.24) is 0 Å². The monoisotopic (exact) mass is 708 g/mol. The van der Waals surface area contributed by atoms with Gasteiger partial charge < -0.3 is 0 Å². The summed E-state index contributed by atoms with van der Waals surface area (Å²) in [5.41, 5.74) is 20.1. The van der Waals surface area contributed by atoms with Gasteiger partial charge in [-0.3, -0.25) is 0 Å². The molecule has 0 nitrogen and oxygen atoms in total. The van der Waals surface area contributed by atoms with Crippen LogP contribution in [-0.2, 0) is 0 Å². The van der Waals surface area contributed by atoms with E-state index in [0.717, 1.165) is 0 Å². The van der Waals surface area contributed by atoms with Crippen LogP contribution in [0.25, 0.3) is 71.7 Å². The van der Waals surface area contributed by atoms with E-state index >= 15 is 0 Å². The number of fused-ring (bicyclic) bond motifs is 5. The van der Waals surface area contributed by atoms with Gasteiger partial charge in [0.1, 0.15) is 0 Å². The van der Waals surface area contributed by atoms with Crippen LogP contribution < -0.4 is 0 Å². The molecule has 0 saturated carbocycles. The first-order chi connectivity index (χ1) is 27.8. The summed E-state index contributed by atoms with van der Waals surface area (Å²) >= 11 is 0. The fourth-order valence-corrected chi connectivity index (χ4v) is 9.23. The van der Waals surface area contributed by atoms with Gasteiger partial charge in [0.25, 0.3) is 0 Å². The highest BCUT2D eigenvalue weighted by molar-refractivity contribution is 6.42. The van der Waals surface area contributed by atoms with Crippen LogP contribution in [0.2, 0.25) is 0 Å². The van der Waals surface area contributed by atoms with Gasteiger partial charge >= 0.3 is 0 Å². The molecule has 0 fully saturated rings. The Morgan fingerprint density at radius 2 is 0.536 bits per heavy atom. The first kappa shape index (κ1) is 32.2. The third kappa shape index (κ3) is 5.08. The van der Waals surface area contributed by atoms with Crippen LogP contribution >= 0.6 is 0 Å². The molecule has 2 aliphatic rings. The molecule has 2 aliphatic carbocycles. The van der Waals surface area contributed by atoms with Crippen LogP contribution in [0.3, 0.4) is 0 Å². The molecule has 9 aromatic rings. The zero-order valence-electron chi connectivity index (χ0n) is 30.8. The second-order valence-corrected chi connectivity index (χ2v) is 14.7. The molecule has 0 unspecified atom stereocenters. The quantitative estimate of drug-likeness (QED) is 0.151. The van der Waals surface area contributed by atoms with E-state index in [-0.39, 0.29) is 0 Å². The zero-order chi connectivity index (χ0) is 37.0. The van der Waals surface area contributed by atoms with E-state index < -0.39 is 0 Å². The normalized spacial score (nSPS) is 13.5. The molecule has 0 heteroatoms. The Morgan fingerprint density at radius 1 is 0.196 bits per heavy atom. The van der Waals surface area contributed by atoms with Gasteiger partial charge in [-0.2, -0.15) is 0 Å². The van der Waals surface area contributed by atoms with Gasteiger partial charge in [0.15, 0.2) is 0 Å². The maximum atomic E-state index is 2.50. The van der Waals surface area contributed by atoms with Gasteiger partial charge in [-0.15, -0.1) is 0 Å². The predicted molar refractivity (Wildman–Crippen MR) is 238 cm³/mol. The summed E-state index contributed by atoms with van der Waals surface area (Å²) in [4.78, 5) is 0. The number of hydrogen-bond acceptors (Lipinski definition) is 0. The summed E-state index contributed by atoms with van der Waals surface area (Å²) < 4.78 is 0. The highest BCUT2D eigenvalue weighted by Crippen LogP contribution is 2.63. The number of allylic oxidation sites excluding steroid dienone is 5. The standard InChI is InChI=1S/C56H36/c1-6-20-37(21-7-1)46-35-48-49(36-47(46)38-22-8-2-9-23-38)54-55(50(48)39-24-10-3-11-25-39)51(40-26-12-4-13-27-40)52(41-28-14-5-15-29-41)56(54)53-44-32-18-16-30-42(44)34-43-31-17-19-33-45(43)53/h1-36H. The van der Waals surface area contributed by atoms with Crippen LogP contribution in [0.5, 0.6) is 0 Å². The van der Waals surface area contributed by atoms with E-state index in [4.69, 9.17) is 0 Å². The zero-order valence-corrected chi connectivity index (χ0v) is 30.8. The van der Waals surface area contributed by atoms with E-state index in [0.29, 0.717) is 0 Å². The molecular formula is C56H36. The molecule has 0 saturated heterocycles. The Morgan fingerprint density at radius 3 is 0.982 bits per heavy atom. The third-order valence-corrected chi connectivity index (χ3v) is 11.6. The molecule has 0 aliphatic heterocycles. The number of benzene rings is 9. The minimum Gasteiger partial charge on any atom is -0.0622 e. The molecule has 56 heavy (non-hydrogen) atoms. The molecule has 0 bridgehead atoms. The Hall–Kier alpha value is -7.28. The van der Waals surface area contributed by atoms with Crippen LogP contribution in [-0.4, -0.2) is 0 Å². The van der Waals surface area contributed by atoms with Gasteiger partial charge in [0.2, 0.25) is 0 Å². The first-order valence-corrected chi connectivity index (χ1v) is 19.4. The first-order valence-electron chi connectivity index (χ1n) is 19.4. The van der Waals surface area contributed by atoms with Crippen molar-refractivity contribution in [1.29, 1.82) is 0 Å². The fourth-order valence-electron chi connectivity index (χ4n) is 9.23. The van der Waals surface area contributed by atoms with Crippen molar-refractivity contribution in [2.75, 3.05) is 0 Å². The minimum absolute atomic E-state index is 1.21. The lowest BCUT2D eigenvalue weighted by Crippen LogP contribution is -1.98. The van der Waals surface area contributed by atoms with E-state index in [1.54, 1.807) is 0 Å². The Labute approximate surface area is 327 Å². The lowest BCUT2D eigenvalue weighted by molar-refractivity contribution is 1.52. The molecule has 0 spiro atoms. The van der Waals surface area contributed by atoms with Gasteiger partial charge in [-0.05, 0) is 129 Å². The summed E-state index contributed by atoms with van der Waals surface area (Å²) in [5.74, 6) is 0. The second kappa shape index (κ2) is 13.2. The van der Waals surface area contributed by atoms with Crippen molar-refractivity contribution in [3.05, 3.63) is 257 Å². The van der Waals surface area contributed by atoms with Crippen molar-refractivity contribution in [2.45, 2.75) is 0 Å². The van der Waals surface area contributed by atoms with Crippen molar-refractivity contribution in [3.8, 4) is 22.3 Å². The summed E-state index contributed by atoms with van der Waals surface area (Å²) in [5, 5.41) is 5.00. The van der Waals surface area contributed by atoms with Gasteiger partial charge in [-0.1, -0.05) is 200 Å². The number of rotatable bonds is 6. The van der Waals surface area contributed by atoms with Crippen LogP contribution in [0.15, 0.2) is 224 Å². The topological polar surface area (TPSA) is 0 Å². The van der Waals surface area contributed by atoms with E-state index in [1.165, 1.54) is 111 Å². The van der Waals surface area contributed by atoms with Crippen LogP contribution in [0.1, 0.15) is 33.4 Å². The fraction of sp³-hybridized carbons (Fsp3) is 0. The Balaban J connectivity index is 1.39. The van der Waals surface area contributed by atoms with Crippen molar-refractivity contribution < 1.29 is 0 Å². The summed E-state index contributed by atoms with van der Waals surface area (Å²) in [7, 11) is 0. The Bertz CT molecular complexity index is 3000. The van der Waals surface area contributed by atoms with E-state index in [2.05, 4.69) is 218 Å². The largest absolute Gasteiger partial charge is 0.0622 e. The molecule has 11 rings (SSSR count). The summed E-state index contributed by atoms with van der Waals surface area (Å²) in [6.45, 7) is 0. The average molecular weight is 709 g/mol. The van der Waals surface area contributed by atoms with Gasteiger partial charge in [0, 0.05) is 0 Å². The molecule has 0 radical (unpaired) electrons. The summed E-state index contributed by atoms with van der Waals surface area (Å²) in [6, 6.07) is 80.3. The smallest absolute Gasteiger partial charge is 0.000116 e. The van der Waals surface area contributed by atoms with E-state index in [9.17, 15) is 0 Å². The van der Waals surface area contributed by atoms with E-state index in [1.807, 2.05) is 0 Å². The molecule has 0 amide bonds. The molecular weight excluding hydrogens is 673 g/mol. The molecule has 0 heterocycles. The lowest BCUT2D eigenvalue weighted by atomic mass is 9.82. The SMILES string of the molecule is c1ccc(C2=C(c3ccccc3)C(c3c4ccccc4cc4ccccc34)=C3C2=C(c2ccccc2)c2cc(-c4ccccc4)c(-c4ccccc4)cc23)cc1. The van der Waals surface area contributed by atoms with Crippen molar-refractivity contribution in [3.63, 3.8) is 0 Å². The highest BCUT2D eigenvalue weighted by Gasteiger charge is 2.41. The maximum absolute atomic E-state index is 2.50. The maximum Gasteiger partial charge on any atom is -0.000116 e.